The smallest absolute Gasteiger partial charge is 0.310 e. The van der Waals surface area contributed by atoms with Gasteiger partial charge in [0.15, 0.2) is 0 Å². The Kier molecular flexibility index (Phi) is 9.28. The number of anilines is 1. The maximum Gasteiger partial charge on any atom is 0.310 e. The lowest BCUT2D eigenvalue weighted by Crippen LogP contribution is -2.14. The number of rotatable bonds is 10. The minimum atomic E-state index is -0.331. The Morgan fingerprint density at radius 1 is 1.00 bits per heavy atom. The van der Waals surface area contributed by atoms with E-state index in [0.29, 0.717) is 29.5 Å². The fraction of sp³-hybridized carbons (Fsp3) is 0.333. The van der Waals surface area contributed by atoms with Crippen molar-refractivity contribution in [3.8, 4) is 0 Å². The topological polar surface area (TPSA) is 64.6 Å². The van der Waals surface area contributed by atoms with Crippen molar-refractivity contribution in [3.63, 3.8) is 0 Å². The number of benzene rings is 2. The van der Waals surface area contributed by atoms with Gasteiger partial charge in [-0.25, -0.2) is 0 Å². The molecule has 0 radical (unpaired) electrons. The van der Waals surface area contributed by atoms with E-state index < -0.39 is 0 Å². The van der Waals surface area contributed by atoms with Crippen molar-refractivity contribution in [2.45, 2.75) is 26.2 Å². The summed E-state index contributed by atoms with van der Waals surface area (Å²) >= 11 is 12.0. The zero-order chi connectivity index (χ0) is 20.4. The summed E-state index contributed by atoms with van der Waals surface area (Å²) in [5, 5.41) is 3.37. The lowest BCUT2D eigenvalue weighted by atomic mass is 10.1. The third kappa shape index (κ3) is 7.15. The van der Waals surface area contributed by atoms with Crippen molar-refractivity contribution in [2.75, 3.05) is 25.1 Å². The minimum Gasteiger partial charge on any atom is -0.463 e. The fourth-order valence-corrected chi connectivity index (χ4v) is 2.70. The molecule has 150 valence electrons. The van der Waals surface area contributed by atoms with Crippen LogP contribution in [0.2, 0.25) is 10.0 Å². The number of esters is 1. The summed E-state index contributed by atoms with van der Waals surface area (Å²) in [6, 6.07) is 11.7. The number of halogens is 2. The highest BCUT2D eigenvalue weighted by Gasteiger charge is 2.11. The van der Waals surface area contributed by atoms with E-state index in [1.54, 1.807) is 42.5 Å². The van der Waals surface area contributed by atoms with Crippen LogP contribution in [0.15, 0.2) is 42.5 Å². The van der Waals surface area contributed by atoms with Crippen molar-refractivity contribution >= 4 is 40.8 Å². The van der Waals surface area contributed by atoms with Crippen LogP contribution in [-0.2, 0) is 20.7 Å². The van der Waals surface area contributed by atoms with Crippen molar-refractivity contribution in [2.24, 2.45) is 0 Å². The number of ether oxygens (including phenoxy) is 2. The summed E-state index contributed by atoms with van der Waals surface area (Å²) < 4.78 is 10.5. The molecule has 2 aromatic carbocycles. The van der Waals surface area contributed by atoms with E-state index in [9.17, 15) is 9.59 Å². The maximum atomic E-state index is 12.3. The highest BCUT2D eigenvalue weighted by Crippen LogP contribution is 2.29. The first-order chi connectivity index (χ1) is 13.5. The van der Waals surface area contributed by atoms with Crippen LogP contribution in [-0.4, -0.2) is 31.7 Å². The minimum absolute atomic E-state index is 0.136. The second kappa shape index (κ2) is 11.7. The maximum absolute atomic E-state index is 12.3. The fourth-order valence-electron chi connectivity index (χ4n) is 2.35. The monoisotopic (exact) mass is 423 g/mol. The standard InChI is InChI=1S/C21H23Cl2NO4/c1-2-3-11-27-12-13-28-19(25)14-15-7-9-16(10-8-15)21(26)24-18-6-4-5-17(22)20(18)23/h4-10H,2-3,11-14H2,1H3,(H,24,26). The molecule has 0 aliphatic carbocycles. The van der Waals surface area contributed by atoms with Gasteiger partial charge in [-0.2, -0.15) is 0 Å². The van der Waals surface area contributed by atoms with E-state index in [2.05, 4.69) is 12.2 Å². The van der Waals surface area contributed by atoms with Gasteiger partial charge in [-0.1, -0.05) is 54.7 Å². The molecule has 0 saturated carbocycles. The summed E-state index contributed by atoms with van der Waals surface area (Å²) in [5.41, 5.74) is 1.64. The van der Waals surface area contributed by atoms with Crippen LogP contribution in [0.1, 0.15) is 35.7 Å². The van der Waals surface area contributed by atoms with Crippen LogP contribution in [0.25, 0.3) is 0 Å². The van der Waals surface area contributed by atoms with Crippen molar-refractivity contribution in [3.05, 3.63) is 63.6 Å². The van der Waals surface area contributed by atoms with Gasteiger partial charge in [-0.05, 0) is 36.2 Å². The Labute approximate surface area is 174 Å². The van der Waals surface area contributed by atoms with Crippen LogP contribution in [0.4, 0.5) is 5.69 Å². The molecule has 0 unspecified atom stereocenters. The molecule has 2 aromatic rings. The molecule has 0 aromatic heterocycles. The van der Waals surface area contributed by atoms with Gasteiger partial charge in [0.25, 0.3) is 5.91 Å². The summed E-state index contributed by atoms with van der Waals surface area (Å²) in [7, 11) is 0. The molecule has 0 aliphatic heterocycles. The summed E-state index contributed by atoms with van der Waals surface area (Å²) in [4.78, 5) is 24.2. The second-order valence-corrected chi connectivity index (χ2v) is 6.90. The predicted molar refractivity (Wildman–Crippen MR) is 111 cm³/mol. The SMILES string of the molecule is CCCCOCCOC(=O)Cc1ccc(C(=O)Nc2cccc(Cl)c2Cl)cc1. The molecule has 7 heteroatoms. The molecule has 0 spiro atoms. The van der Waals surface area contributed by atoms with E-state index in [1.807, 2.05) is 0 Å². The Morgan fingerprint density at radius 2 is 1.75 bits per heavy atom. The van der Waals surface area contributed by atoms with E-state index in [0.717, 1.165) is 18.4 Å². The molecule has 5 nitrogen and oxygen atoms in total. The predicted octanol–water partition coefficient (Wildman–Crippen LogP) is 5.15. The summed E-state index contributed by atoms with van der Waals surface area (Å²) in [6.07, 6.45) is 2.20. The first kappa shape index (κ1) is 22.2. The van der Waals surface area contributed by atoms with Gasteiger partial charge >= 0.3 is 5.97 Å². The number of amides is 1. The van der Waals surface area contributed by atoms with Crippen molar-refractivity contribution in [1.29, 1.82) is 0 Å². The molecule has 0 fully saturated rings. The average Bonchev–Trinajstić information content (AvgIpc) is 2.68. The van der Waals surface area contributed by atoms with Gasteiger partial charge < -0.3 is 14.8 Å². The van der Waals surface area contributed by atoms with E-state index in [4.69, 9.17) is 32.7 Å². The van der Waals surface area contributed by atoms with Crippen LogP contribution in [0, 0.1) is 0 Å². The molecule has 0 bridgehead atoms. The Hall–Kier alpha value is -2.08. The molecule has 2 rings (SSSR count). The quantitative estimate of drug-likeness (QED) is 0.423. The summed E-state index contributed by atoms with van der Waals surface area (Å²) in [5.74, 6) is -0.649. The van der Waals surface area contributed by atoms with Gasteiger partial charge in [0.2, 0.25) is 0 Å². The highest BCUT2D eigenvalue weighted by atomic mass is 35.5. The van der Waals surface area contributed by atoms with Gasteiger partial charge in [-0.3, -0.25) is 9.59 Å². The van der Waals surface area contributed by atoms with Crippen molar-refractivity contribution < 1.29 is 19.1 Å². The molecule has 28 heavy (non-hydrogen) atoms. The highest BCUT2D eigenvalue weighted by molar-refractivity contribution is 6.44. The van der Waals surface area contributed by atoms with E-state index >= 15 is 0 Å². The molecule has 0 atom stereocenters. The normalized spacial score (nSPS) is 10.5. The van der Waals surface area contributed by atoms with Gasteiger partial charge in [0, 0.05) is 12.2 Å². The summed E-state index contributed by atoms with van der Waals surface area (Å²) in [6.45, 7) is 3.41. The molecule has 0 saturated heterocycles. The zero-order valence-corrected chi connectivity index (χ0v) is 17.2. The lowest BCUT2D eigenvalue weighted by Gasteiger charge is -2.09. The first-order valence-electron chi connectivity index (χ1n) is 9.09. The zero-order valence-electron chi connectivity index (χ0n) is 15.7. The van der Waals surface area contributed by atoms with Crippen LogP contribution < -0.4 is 5.32 Å². The number of hydrogen-bond acceptors (Lipinski definition) is 4. The van der Waals surface area contributed by atoms with Crippen LogP contribution >= 0.6 is 23.2 Å². The molecular formula is C21H23Cl2NO4. The third-order valence-corrected chi connectivity index (χ3v) is 4.72. The third-order valence-electron chi connectivity index (χ3n) is 3.90. The molecule has 1 N–H and O–H groups in total. The average molecular weight is 424 g/mol. The molecule has 0 aliphatic rings. The second-order valence-electron chi connectivity index (χ2n) is 6.12. The van der Waals surface area contributed by atoms with Crippen LogP contribution in [0.5, 0.6) is 0 Å². The molecule has 0 heterocycles. The van der Waals surface area contributed by atoms with E-state index in [-0.39, 0.29) is 29.9 Å². The lowest BCUT2D eigenvalue weighted by molar-refractivity contribution is -0.144. The molecular weight excluding hydrogens is 401 g/mol. The largest absolute Gasteiger partial charge is 0.463 e. The Bertz CT molecular complexity index is 793. The number of carbonyl (C=O) groups is 2. The number of hydrogen-bond donors (Lipinski definition) is 1. The Morgan fingerprint density at radius 3 is 2.46 bits per heavy atom. The number of carbonyl (C=O) groups excluding carboxylic acids is 2. The van der Waals surface area contributed by atoms with Crippen molar-refractivity contribution in [1.82, 2.24) is 0 Å². The Balaban J connectivity index is 1.81. The molecule has 1 amide bonds. The van der Waals surface area contributed by atoms with Gasteiger partial charge in [0.1, 0.15) is 6.61 Å². The first-order valence-corrected chi connectivity index (χ1v) is 9.84. The van der Waals surface area contributed by atoms with E-state index in [1.165, 1.54) is 0 Å². The number of unbranched alkanes of at least 4 members (excludes halogenated alkanes) is 1. The van der Waals surface area contributed by atoms with Gasteiger partial charge in [0.05, 0.1) is 28.8 Å². The van der Waals surface area contributed by atoms with Gasteiger partial charge in [-0.15, -0.1) is 0 Å². The van der Waals surface area contributed by atoms with Crippen LogP contribution in [0.3, 0.4) is 0 Å². The number of nitrogens with one attached hydrogen (secondary N) is 1.